The lowest BCUT2D eigenvalue weighted by molar-refractivity contribution is 0.0695. The quantitative estimate of drug-likeness (QED) is 0.802. The van der Waals surface area contributed by atoms with Crippen LogP contribution in [0.15, 0.2) is 22.7 Å². The Morgan fingerprint density at radius 2 is 2.22 bits per heavy atom. The van der Waals surface area contributed by atoms with E-state index in [1.54, 1.807) is 7.11 Å². The number of anilines is 1. The number of methoxy groups -OCH3 is 1. The third kappa shape index (κ3) is 4.57. The topological polar surface area (TPSA) is 44.7 Å². The van der Waals surface area contributed by atoms with Crippen LogP contribution in [0.1, 0.15) is 5.56 Å². The zero-order chi connectivity index (χ0) is 13.5. The molecule has 0 aliphatic carbocycles. The van der Waals surface area contributed by atoms with Gasteiger partial charge in [-0.05, 0) is 40.7 Å². The number of ether oxygens (including phenoxy) is 1. The van der Waals surface area contributed by atoms with E-state index in [1.165, 1.54) is 5.56 Å². The average molecular weight is 317 g/mol. The number of aliphatic hydroxyl groups is 1. The van der Waals surface area contributed by atoms with Crippen LogP contribution in [0.4, 0.5) is 5.69 Å². The minimum absolute atomic E-state index is 0.347. The summed E-state index contributed by atoms with van der Waals surface area (Å²) >= 11 is 3.56. The summed E-state index contributed by atoms with van der Waals surface area (Å²) in [6.07, 6.45) is -0.483. The van der Waals surface area contributed by atoms with Crippen molar-refractivity contribution >= 4 is 21.6 Å². The second kappa shape index (κ2) is 7.74. The molecular formula is C13H21BrN2O2. The molecular weight excluding hydrogens is 296 g/mol. The van der Waals surface area contributed by atoms with E-state index in [0.717, 1.165) is 16.7 Å². The van der Waals surface area contributed by atoms with E-state index in [9.17, 15) is 5.11 Å². The zero-order valence-electron chi connectivity index (χ0n) is 11.1. The van der Waals surface area contributed by atoms with Crippen molar-refractivity contribution in [2.75, 3.05) is 39.3 Å². The molecule has 0 saturated carbocycles. The molecule has 2 N–H and O–H groups in total. The Kier molecular flexibility index (Phi) is 6.63. The molecule has 1 aromatic rings. The van der Waals surface area contributed by atoms with E-state index < -0.39 is 6.10 Å². The van der Waals surface area contributed by atoms with Crippen molar-refractivity contribution in [3.05, 3.63) is 28.2 Å². The number of halogens is 1. The smallest absolute Gasteiger partial charge is 0.0947 e. The van der Waals surface area contributed by atoms with Crippen molar-refractivity contribution in [1.82, 2.24) is 5.32 Å². The van der Waals surface area contributed by atoms with Crippen LogP contribution in [0, 0.1) is 0 Å². The van der Waals surface area contributed by atoms with Crippen LogP contribution in [0.25, 0.3) is 0 Å². The highest BCUT2D eigenvalue weighted by atomic mass is 79.9. The van der Waals surface area contributed by atoms with Gasteiger partial charge < -0.3 is 20.1 Å². The van der Waals surface area contributed by atoms with Gasteiger partial charge in [0.2, 0.25) is 0 Å². The molecule has 0 heterocycles. The summed E-state index contributed by atoms with van der Waals surface area (Å²) in [6, 6.07) is 6.22. The number of hydrogen-bond donors (Lipinski definition) is 2. The lowest BCUT2D eigenvalue weighted by Gasteiger charge is -2.24. The summed E-state index contributed by atoms with van der Waals surface area (Å²) in [6.45, 7) is 1.73. The molecule has 0 aromatic heterocycles. The third-order valence-corrected chi connectivity index (χ3v) is 3.28. The monoisotopic (exact) mass is 316 g/mol. The molecule has 1 rings (SSSR count). The largest absolute Gasteiger partial charge is 0.389 e. The van der Waals surface area contributed by atoms with Crippen LogP contribution in [0.3, 0.4) is 0 Å². The van der Waals surface area contributed by atoms with Gasteiger partial charge in [0.05, 0.1) is 18.4 Å². The Bertz CT molecular complexity index is 374. The second-order valence-corrected chi connectivity index (χ2v) is 5.16. The van der Waals surface area contributed by atoms with Gasteiger partial charge in [-0.3, -0.25) is 0 Å². The molecule has 0 bridgehead atoms. The van der Waals surface area contributed by atoms with Gasteiger partial charge in [-0.25, -0.2) is 0 Å². The van der Waals surface area contributed by atoms with Crippen LogP contribution >= 0.6 is 15.9 Å². The molecule has 0 aliphatic heterocycles. The van der Waals surface area contributed by atoms with Gasteiger partial charge in [-0.15, -0.1) is 0 Å². The second-order valence-electron chi connectivity index (χ2n) is 4.31. The molecule has 0 fully saturated rings. The summed E-state index contributed by atoms with van der Waals surface area (Å²) < 4.78 is 5.95. The number of nitrogens with zero attached hydrogens (tertiary/aromatic N) is 1. The molecule has 0 radical (unpaired) electrons. The van der Waals surface area contributed by atoms with Crippen molar-refractivity contribution in [1.29, 1.82) is 0 Å². The third-order valence-electron chi connectivity index (χ3n) is 2.65. The van der Waals surface area contributed by atoms with Gasteiger partial charge in [0.25, 0.3) is 0 Å². The Balaban J connectivity index is 2.70. The summed E-state index contributed by atoms with van der Waals surface area (Å²) in [5, 5.41) is 12.8. The summed E-state index contributed by atoms with van der Waals surface area (Å²) in [7, 11) is 5.47. The van der Waals surface area contributed by atoms with Crippen molar-refractivity contribution in [2.24, 2.45) is 0 Å². The highest BCUT2D eigenvalue weighted by Crippen LogP contribution is 2.26. The maximum absolute atomic E-state index is 9.72. The highest BCUT2D eigenvalue weighted by Gasteiger charge is 2.11. The SMILES string of the molecule is CNCc1ccc(N(C)CC(O)COC)c(Br)c1. The van der Waals surface area contributed by atoms with Gasteiger partial charge in [0.15, 0.2) is 0 Å². The molecule has 5 heteroatoms. The first-order valence-corrected chi connectivity index (χ1v) is 6.69. The Morgan fingerprint density at radius 1 is 1.50 bits per heavy atom. The van der Waals surface area contributed by atoms with Crippen molar-refractivity contribution in [2.45, 2.75) is 12.6 Å². The van der Waals surface area contributed by atoms with Crippen molar-refractivity contribution in [3.8, 4) is 0 Å². The predicted molar refractivity (Wildman–Crippen MR) is 78.1 cm³/mol. The van der Waals surface area contributed by atoms with E-state index in [0.29, 0.717) is 13.2 Å². The molecule has 18 heavy (non-hydrogen) atoms. The van der Waals surface area contributed by atoms with Gasteiger partial charge in [0, 0.05) is 31.7 Å². The van der Waals surface area contributed by atoms with E-state index in [4.69, 9.17) is 4.74 Å². The van der Waals surface area contributed by atoms with Gasteiger partial charge in [0.1, 0.15) is 0 Å². The highest BCUT2D eigenvalue weighted by molar-refractivity contribution is 9.10. The van der Waals surface area contributed by atoms with Crippen molar-refractivity contribution < 1.29 is 9.84 Å². The summed E-state index contributed by atoms with van der Waals surface area (Å²) in [5.74, 6) is 0. The van der Waals surface area contributed by atoms with E-state index >= 15 is 0 Å². The fourth-order valence-electron chi connectivity index (χ4n) is 1.83. The van der Waals surface area contributed by atoms with Crippen LogP contribution in [-0.2, 0) is 11.3 Å². The molecule has 0 spiro atoms. The Labute approximate surface area is 117 Å². The lowest BCUT2D eigenvalue weighted by Crippen LogP contribution is -2.32. The van der Waals surface area contributed by atoms with Gasteiger partial charge in [-0.2, -0.15) is 0 Å². The Hall–Kier alpha value is -0.620. The number of benzene rings is 1. The average Bonchev–Trinajstić information content (AvgIpc) is 2.29. The maximum Gasteiger partial charge on any atom is 0.0947 e. The fourth-order valence-corrected chi connectivity index (χ4v) is 2.56. The molecule has 102 valence electrons. The van der Waals surface area contributed by atoms with Crippen molar-refractivity contribution in [3.63, 3.8) is 0 Å². The number of likely N-dealkylation sites (N-methyl/N-ethyl adjacent to an activating group) is 1. The fraction of sp³-hybridized carbons (Fsp3) is 0.538. The summed E-state index contributed by atoms with van der Waals surface area (Å²) in [4.78, 5) is 2.01. The normalized spacial score (nSPS) is 12.5. The standard InChI is InChI=1S/C13H21BrN2O2/c1-15-7-10-4-5-13(12(14)6-10)16(2)8-11(17)9-18-3/h4-6,11,15,17H,7-9H2,1-3H3. The first-order chi connectivity index (χ1) is 8.58. The summed E-state index contributed by atoms with van der Waals surface area (Å²) in [5.41, 5.74) is 2.28. The predicted octanol–water partition coefficient (Wildman–Crippen LogP) is 1.61. The van der Waals surface area contributed by atoms with E-state index in [1.807, 2.05) is 19.0 Å². The minimum Gasteiger partial charge on any atom is -0.389 e. The first-order valence-electron chi connectivity index (χ1n) is 5.89. The van der Waals surface area contributed by atoms with E-state index in [-0.39, 0.29) is 0 Å². The molecule has 1 unspecified atom stereocenters. The number of nitrogens with one attached hydrogen (secondary N) is 1. The van der Waals surface area contributed by atoms with Crippen LogP contribution in [-0.4, -0.2) is 45.6 Å². The van der Waals surface area contributed by atoms with Crippen LogP contribution in [0.5, 0.6) is 0 Å². The number of hydrogen-bond acceptors (Lipinski definition) is 4. The zero-order valence-corrected chi connectivity index (χ0v) is 12.7. The molecule has 1 atom stereocenters. The Morgan fingerprint density at radius 3 is 2.78 bits per heavy atom. The first kappa shape index (κ1) is 15.4. The van der Waals surface area contributed by atoms with Crippen LogP contribution < -0.4 is 10.2 Å². The lowest BCUT2D eigenvalue weighted by atomic mass is 10.2. The van der Waals surface area contributed by atoms with Gasteiger partial charge in [-0.1, -0.05) is 6.07 Å². The maximum atomic E-state index is 9.72. The van der Waals surface area contributed by atoms with E-state index in [2.05, 4.69) is 39.4 Å². The molecule has 1 aromatic carbocycles. The molecule has 4 nitrogen and oxygen atoms in total. The molecule has 0 saturated heterocycles. The number of aliphatic hydroxyl groups excluding tert-OH is 1. The molecule has 0 amide bonds. The van der Waals surface area contributed by atoms with Gasteiger partial charge >= 0.3 is 0 Å². The minimum atomic E-state index is -0.483. The number of rotatable bonds is 7. The molecule has 0 aliphatic rings. The van der Waals surface area contributed by atoms with Crippen LogP contribution in [0.2, 0.25) is 0 Å².